The normalized spacial score (nSPS) is 32.7. The Bertz CT molecular complexity index is 366. The van der Waals surface area contributed by atoms with E-state index in [0.29, 0.717) is 0 Å². The van der Waals surface area contributed by atoms with E-state index in [0.717, 1.165) is 5.02 Å². The van der Waals surface area contributed by atoms with Crippen molar-refractivity contribution in [3.8, 4) is 0 Å². The lowest BCUT2D eigenvalue weighted by Gasteiger charge is -2.25. The van der Waals surface area contributed by atoms with E-state index in [4.69, 9.17) is 16.3 Å². The number of benzene rings is 1. The maximum Gasteiger partial charge on any atom is 0.120 e. The second-order valence-electron chi connectivity index (χ2n) is 4.49. The number of epoxide rings is 1. The van der Waals surface area contributed by atoms with Crippen molar-refractivity contribution < 1.29 is 4.74 Å². The molecule has 1 atom stereocenters. The molecule has 1 saturated heterocycles. The van der Waals surface area contributed by atoms with E-state index in [9.17, 15) is 0 Å². The lowest BCUT2D eigenvalue weighted by molar-refractivity contribution is 0.194. The Morgan fingerprint density at radius 3 is 2.29 bits per heavy atom. The van der Waals surface area contributed by atoms with Crippen LogP contribution in [0.2, 0.25) is 5.02 Å². The summed E-state index contributed by atoms with van der Waals surface area (Å²) in [6.45, 7) is 2.19. The molecule has 2 fully saturated rings. The van der Waals surface area contributed by atoms with Gasteiger partial charge >= 0.3 is 0 Å². The van der Waals surface area contributed by atoms with Crippen LogP contribution in [0.5, 0.6) is 0 Å². The predicted octanol–water partition coefficient (Wildman–Crippen LogP) is 3.51. The molecular formula is C12H13ClO. The molecule has 0 unspecified atom stereocenters. The monoisotopic (exact) mass is 208 g/mol. The molecule has 0 N–H and O–H groups in total. The minimum atomic E-state index is -0.0319. The first-order valence-corrected chi connectivity index (χ1v) is 5.50. The van der Waals surface area contributed by atoms with Crippen molar-refractivity contribution in [3.63, 3.8) is 0 Å². The van der Waals surface area contributed by atoms with Gasteiger partial charge in [0.05, 0.1) is 0 Å². The Kier molecular flexibility index (Phi) is 1.58. The van der Waals surface area contributed by atoms with Gasteiger partial charge in [-0.25, -0.2) is 0 Å². The molecule has 1 aromatic carbocycles. The summed E-state index contributed by atoms with van der Waals surface area (Å²) in [4.78, 5) is 0. The van der Waals surface area contributed by atoms with Gasteiger partial charge in [0, 0.05) is 5.02 Å². The van der Waals surface area contributed by atoms with E-state index < -0.39 is 0 Å². The molecule has 1 nitrogen and oxygen atoms in total. The molecule has 1 saturated carbocycles. The molecule has 1 aliphatic heterocycles. The smallest absolute Gasteiger partial charge is 0.120 e. The van der Waals surface area contributed by atoms with Crippen LogP contribution >= 0.6 is 11.6 Å². The van der Waals surface area contributed by atoms with Crippen LogP contribution in [0.4, 0.5) is 0 Å². The fraction of sp³-hybridized carbons (Fsp3) is 0.500. The summed E-state index contributed by atoms with van der Waals surface area (Å²) in [5.41, 5.74) is 1.41. The van der Waals surface area contributed by atoms with Crippen molar-refractivity contribution in [2.24, 2.45) is 0 Å². The largest absolute Gasteiger partial charge is 0.358 e. The van der Waals surface area contributed by atoms with Gasteiger partial charge in [0.2, 0.25) is 0 Å². The van der Waals surface area contributed by atoms with Crippen molar-refractivity contribution in [1.29, 1.82) is 0 Å². The molecule has 2 aliphatic rings. The van der Waals surface area contributed by atoms with Crippen LogP contribution < -0.4 is 0 Å². The Morgan fingerprint density at radius 2 is 1.86 bits per heavy atom. The number of hydrogen-bond acceptors (Lipinski definition) is 1. The molecule has 1 spiro atoms. The van der Waals surface area contributed by atoms with Crippen molar-refractivity contribution >= 4 is 11.6 Å². The summed E-state index contributed by atoms with van der Waals surface area (Å²) in [5, 5.41) is 0.792. The van der Waals surface area contributed by atoms with Crippen LogP contribution in [0, 0.1) is 0 Å². The van der Waals surface area contributed by atoms with Crippen molar-refractivity contribution in [2.45, 2.75) is 37.4 Å². The minimum absolute atomic E-state index is 0.0319. The second kappa shape index (κ2) is 2.53. The molecule has 0 radical (unpaired) electrons. The average molecular weight is 209 g/mol. The molecule has 74 valence electrons. The van der Waals surface area contributed by atoms with Crippen molar-refractivity contribution in [3.05, 3.63) is 34.9 Å². The van der Waals surface area contributed by atoms with Crippen LogP contribution in [0.15, 0.2) is 24.3 Å². The molecule has 1 aliphatic carbocycles. The second-order valence-corrected chi connectivity index (χ2v) is 4.93. The summed E-state index contributed by atoms with van der Waals surface area (Å²) >= 11 is 5.86. The van der Waals surface area contributed by atoms with Gasteiger partial charge in [-0.05, 0) is 43.9 Å². The number of rotatable bonds is 1. The summed E-state index contributed by atoms with van der Waals surface area (Å²) in [7, 11) is 0. The van der Waals surface area contributed by atoms with Crippen LogP contribution in [-0.2, 0) is 10.3 Å². The lowest BCUT2D eigenvalue weighted by Crippen LogP contribution is -2.29. The first kappa shape index (κ1) is 8.75. The predicted molar refractivity (Wildman–Crippen MR) is 56.5 cm³/mol. The van der Waals surface area contributed by atoms with Crippen molar-refractivity contribution in [2.75, 3.05) is 0 Å². The molecular weight excluding hydrogens is 196 g/mol. The molecule has 0 amide bonds. The summed E-state index contributed by atoms with van der Waals surface area (Å²) in [6.07, 6.45) is 3.74. The molecule has 1 aromatic rings. The SMILES string of the molecule is C[C@]1(c2ccc(Cl)cc2)OC12CCC2. The highest BCUT2D eigenvalue weighted by Crippen LogP contribution is 2.65. The highest BCUT2D eigenvalue weighted by molar-refractivity contribution is 6.30. The number of ether oxygens (including phenoxy) is 1. The zero-order chi connectivity index (χ0) is 9.81. The van der Waals surface area contributed by atoms with Gasteiger partial charge in [-0.15, -0.1) is 0 Å². The summed E-state index contributed by atoms with van der Waals surface area (Å²) in [6, 6.07) is 8.04. The third-order valence-corrected chi connectivity index (χ3v) is 4.04. The van der Waals surface area contributed by atoms with E-state index in [2.05, 4.69) is 19.1 Å². The lowest BCUT2D eigenvalue weighted by atomic mass is 9.74. The van der Waals surface area contributed by atoms with E-state index in [-0.39, 0.29) is 11.2 Å². The minimum Gasteiger partial charge on any atom is -0.358 e. The van der Waals surface area contributed by atoms with Gasteiger partial charge in [-0.3, -0.25) is 0 Å². The number of hydrogen-bond donors (Lipinski definition) is 0. The standard InChI is InChI=1S/C12H13ClO/c1-11(12(14-11)7-2-8-12)9-3-5-10(13)6-4-9/h3-6H,2,7-8H2,1H3/t11-/m1/s1. The van der Waals surface area contributed by atoms with E-state index in [1.165, 1.54) is 24.8 Å². The summed E-state index contributed by atoms with van der Waals surface area (Å²) < 4.78 is 5.91. The number of halogens is 1. The molecule has 3 rings (SSSR count). The van der Waals surface area contributed by atoms with Crippen LogP contribution in [0.3, 0.4) is 0 Å². The molecule has 0 bridgehead atoms. The summed E-state index contributed by atoms with van der Waals surface area (Å²) in [5.74, 6) is 0. The van der Waals surface area contributed by atoms with Crippen LogP contribution in [0.25, 0.3) is 0 Å². The van der Waals surface area contributed by atoms with E-state index in [1.54, 1.807) is 0 Å². The Labute approximate surface area is 89.0 Å². The van der Waals surface area contributed by atoms with Crippen LogP contribution in [-0.4, -0.2) is 5.60 Å². The fourth-order valence-electron chi connectivity index (χ4n) is 2.53. The maximum absolute atomic E-state index is 5.91. The molecule has 2 heteroatoms. The third kappa shape index (κ3) is 0.945. The topological polar surface area (TPSA) is 12.5 Å². The van der Waals surface area contributed by atoms with E-state index >= 15 is 0 Å². The maximum atomic E-state index is 5.91. The van der Waals surface area contributed by atoms with Gasteiger partial charge in [0.15, 0.2) is 0 Å². The van der Waals surface area contributed by atoms with Crippen LogP contribution in [0.1, 0.15) is 31.7 Å². The quantitative estimate of drug-likeness (QED) is 0.644. The van der Waals surface area contributed by atoms with E-state index in [1.807, 2.05) is 12.1 Å². The zero-order valence-electron chi connectivity index (χ0n) is 8.22. The Balaban J connectivity index is 1.93. The first-order chi connectivity index (χ1) is 6.66. The Hall–Kier alpha value is -0.530. The van der Waals surface area contributed by atoms with Gasteiger partial charge in [0.25, 0.3) is 0 Å². The molecule has 1 heterocycles. The zero-order valence-corrected chi connectivity index (χ0v) is 8.97. The first-order valence-electron chi connectivity index (χ1n) is 5.13. The van der Waals surface area contributed by atoms with Gasteiger partial charge in [-0.1, -0.05) is 23.7 Å². The fourth-order valence-corrected chi connectivity index (χ4v) is 2.66. The van der Waals surface area contributed by atoms with Gasteiger partial charge in [-0.2, -0.15) is 0 Å². The highest BCUT2D eigenvalue weighted by atomic mass is 35.5. The Morgan fingerprint density at radius 1 is 1.21 bits per heavy atom. The highest BCUT2D eigenvalue weighted by Gasteiger charge is 2.69. The van der Waals surface area contributed by atoms with Gasteiger partial charge in [0.1, 0.15) is 11.2 Å². The third-order valence-electron chi connectivity index (χ3n) is 3.78. The van der Waals surface area contributed by atoms with Crippen molar-refractivity contribution in [1.82, 2.24) is 0 Å². The average Bonchev–Trinajstić information content (AvgIpc) is 2.75. The molecule has 0 aromatic heterocycles. The van der Waals surface area contributed by atoms with Gasteiger partial charge < -0.3 is 4.74 Å². The molecule has 14 heavy (non-hydrogen) atoms.